The Morgan fingerprint density at radius 1 is 0.750 bits per heavy atom. The third-order valence-electron chi connectivity index (χ3n) is 5.38. The molecule has 6 bridgehead atoms. The van der Waals surface area contributed by atoms with Gasteiger partial charge in [0.2, 0.25) is 0 Å². The quantitative estimate of drug-likeness (QED) is 0.524. The maximum Gasteiger partial charge on any atom is 0.0637 e. The van der Waals surface area contributed by atoms with Crippen LogP contribution in [0.4, 0.5) is 5.69 Å². The third kappa shape index (κ3) is 2.41. The molecule has 0 atom stereocenters. The Balaban J connectivity index is 1.67. The smallest absolute Gasteiger partial charge is 0.0637 e. The van der Waals surface area contributed by atoms with Crippen molar-refractivity contribution in [2.45, 2.75) is 0 Å². The molecule has 5 aliphatic rings. The minimum Gasteiger partial charge on any atom is -0.361 e. The molecule has 6 heterocycles. The van der Waals surface area contributed by atoms with Crippen LogP contribution in [0.25, 0.3) is 27.9 Å². The van der Waals surface area contributed by atoms with Crippen LogP contribution in [0.1, 0.15) is 11.1 Å². The summed E-state index contributed by atoms with van der Waals surface area (Å²) in [5.74, 6) is 0. The zero-order valence-electron chi connectivity index (χ0n) is 15.1. The number of hydrogen-bond acceptors (Lipinski definition) is 2. The SMILES string of the molecule is C1=C2NC(=c3ccc(cc3)=Nc3ccc2cc3)C=C1c1c[nH]c2ccccc12. The molecule has 3 nitrogen and oxygen atoms in total. The summed E-state index contributed by atoms with van der Waals surface area (Å²) >= 11 is 0. The molecule has 3 aromatic carbocycles. The molecule has 0 saturated carbocycles. The van der Waals surface area contributed by atoms with E-state index in [2.05, 4.69) is 101 Å². The summed E-state index contributed by atoms with van der Waals surface area (Å²) in [5, 5.41) is 6.97. The van der Waals surface area contributed by atoms with Gasteiger partial charge in [0.05, 0.1) is 11.0 Å². The van der Waals surface area contributed by atoms with Gasteiger partial charge in [-0.25, -0.2) is 4.99 Å². The predicted octanol–water partition coefficient (Wildman–Crippen LogP) is 4.27. The van der Waals surface area contributed by atoms with Gasteiger partial charge >= 0.3 is 0 Å². The second-order valence-electron chi connectivity index (χ2n) is 7.15. The second-order valence-corrected chi connectivity index (χ2v) is 7.15. The molecule has 132 valence electrons. The Morgan fingerprint density at radius 3 is 2.43 bits per heavy atom. The molecule has 0 fully saturated rings. The van der Waals surface area contributed by atoms with E-state index in [9.17, 15) is 0 Å². The van der Waals surface area contributed by atoms with Crippen LogP contribution in [0.2, 0.25) is 0 Å². The lowest BCUT2D eigenvalue weighted by Crippen LogP contribution is -2.22. The number of hydrogen-bond donors (Lipinski definition) is 2. The molecule has 4 aromatic rings. The first kappa shape index (κ1) is 15.2. The molecule has 9 rings (SSSR count). The molecule has 3 heteroatoms. The number of para-hydroxylation sites is 1. The standard InChI is InChI=1S/C25H17N3/c1-2-4-23-21(3-1)22(15-26-23)18-13-24-16-5-9-19(10-6-16)27-20-11-7-17(8-12-20)25(14-18)28-24/h1-15,26,28H. The van der Waals surface area contributed by atoms with Gasteiger partial charge in [-0.2, -0.15) is 0 Å². The number of benzene rings is 3. The van der Waals surface area contributed by atoms with Crippen molar-refractivity contribution in [3.8, 4) is 0 Å². The number of nitrogens with one attached hydrogen (secondary N) is 2. The molecule has 0 aliphatic carbocycles. The fourth-order valence-electron chi connectivity index (χ4n) is 3.93. The summed E-state index contributed by atoms with van der Waals surface area (Å²) in [5.41, 5.74) is 7.85. The zero-order chi connectivity index (χ0) is 18.5. The van der Waals surface area contributed by atoms with Crippen LogP contribution >= 0.6 is 0 Å². The van der Waals surface area contributed by atoms with E-state index >= 15 is 0 Å². The summed E-state index contributed by atoms with van der Waals surface area (Å²) in [7, 11) is 0. The largest absolute Gasteiger partial charge is 0.361 e. The lowest BCUT2D eigenvalue weighted by molar-refractivity contribution is 1.21. The summed E-state index contributed by atoms with van der Waals surface area (Å²) in [6, 6.07) is 25.2. The predicted molar refractivity (Wildman–Crippen MR) is 114 cm³/mol. The highest BCUT2D eigenvalue weighted by Gasteiger charge is 2.15. The van der Waals surface area contributed by atoms with Crippen LogP contribution < -0.4 is 15.9 Å². The first-order valence-corrected chi connectivity index (χ1v) is 9.40. The number of fused-ring (bicyclic) bond motifs is 1. The zero-order valence-corrected chi connectivity index (χ0v) is 15.1. The molecule has 28 heavy (non-hydrogen) atoms. The average Bonchev–Trinajstić information content (AvgIpc) is 3.18. The van der Waals surface area contributed by atoms with Crippen LogP contribution in [-0.2, 0) is 0 Å². The molecular weight excluding hydrogens is 342 g/mol. The summed E-state index contributed by atoms with van der Waals surface area (Å²) in [4.78, 5) is 8.09. The lowest BCUT2D eigenvalue weighted by Gasteiger charge is -2.20. The van der Waals surface area contributed by atoms with Gasteiger partial charge in [0.1, 0.15) is 0 Å². The highest BCUT2D eigenvalue weighted by Crippen LogP contribution is 2.32. The van der Waals surface area contributed by atoms with Crippen LogP contribution in [-0.4, -0.2) is 4.98 Å². The lowest BCUT2D eigenvalue weighted by atomic mass is 9.97. The van der Waals surface area contributed by atoms with Crippen LogP contribution in [0.15, 0.2) is 96.1 Å². The summed E-state index contributed by atoms with van der Waals surface area (Å²) in [6.45, 7) is 0. The summed E-state index contributed by atoms with van der Waals surface area (Å²) < 4.78 is 0. The number of H-pyrrole nitrogens is 1. The van der Waals surface area contributed by atoms with Gasteiger partial charge < -0.3 is 10.3 Å². The summed E-state index contributed by atoms with van der Waals surface area (Å²) in [6.07, 6.45) is 6.55. The normalized spacial score (nSPS) is 14.6. The van der Waals surface area contributed by atoms with E-state index < -0.39 is 0 Å². The molecule has 2 N–H and O–H groups in total. The molecule has 0 spiro atoms. The molecule has 1 aromatic heterocycles. The second kappa shape index (κ2) is 5.83. The topological polar surface area (TPSA) is 40.2 Å². The number of allylic oxidation sites excluding steroid dienone is 2. The van der Waals surface area contributed by atoms with Gasteiger partial charge in [-0.3, -0.25) is 0 Å². The number of aromatic nitrogens is 1. The monoisotopic (exact) mass is 359 g/mol. The minimum absolute atomic E-state index is 0.963. The molecule has 0 amide bonds. The minimum atomic E-state index is 0.963. The van der Waals surface area contributed by atoms with E-state index in [-0.39, 0.29) is 0 Å². The van der Waals surface area contributed by atoms with E-state index in [0.29, 0.717) is 0 Å². The Morgan fingerprint density at radius 2 is 1.57 bits per heavy atom. The van der Waals surface area contributed by atoms with Crippen molar-refractivity contribution >= 4 is 33.6 Å². The van der Waals surface area contributed by atoms with E-state index in [1.165, 1.54) is 16.5 Å². The van der Waals surface area contributed by atoms with Crippen molar-refractivity contribution in [2.75, 3.05) is 0 Å². The highest BCUT2D eigenvalue weighted by molar-refractivity contribution is 6.01. The Labute approximate surface area is 162 Å². The number of aromatic amines is 1. The van der Waals surface area contributed by atoms with Gasteiger partial charge in [-0.05, 0) is 58.8 Å². The van der Waals surface area contributed by atoms with Crippen molar-refractivity contribution in [2.24, 2.45) is 4.99 Å². The first-order chi connectivity index (χ1) is 13.8. The van der Waals surface area contributed by atoms with E-state index in [1.807, 2.05) is 0 Å². The van der Waals surface area contributed by atoms with E-state index in [4.69, 9.17) is 4.99 Å². The molecule has 0 radical (unpaired) electrons. The molecule has 5 aliphatic heterocycles. The average molecular weight is 359 g/mol. The van der Waals surface area contributed by atoms with Crippen LogP contribution in [0, 0.1) is 0 Å². The Kier molecular flexibility index (Phi) is 3.17. The van der Waals surface area contributed by atoms with Gasteiger partial charge in [-0.1, -0.05) is 42.5 Å². The van der Waals surface area contributed by atoms with Crippen LogP contribution in [0.5, 0.6) is 0 Å². The number of dihydropyridines is 1. The van der Waals surface area contributed by atoms with Gasteiger partial charge in [-0.15, -0.1) is 0 Å². The fraction of sp³-hybridized carbons (Fsp3) is 0. The Bertz CT molecular complexity index is 1390. The van der Waals surface area contributed by atoms with E-state index in [1.54, 1.807) is 0 Å². The fourth-order valence-corrected chi connectivity index (χ4v) is 3.93. The third-order valence-corrected chi connectivity index (χ3v) is 5.38. The van der Waals surface area contributed by atoms with Crippen molar-refractivity contribution < 1.29 is 0 Å². The highest BCUT2D eigenvalue weighted by atomic mass is 14.9. The molecular formula is C25H17N3. The van der Waals surface area contributed by atoms with E-state index in [0.717, 1.165) is 38.7 Å². The number of nitrogens with zero attached hydrogens (tertiary/aromatic N) is 1. The van der Waals surface area contributed by atoms with Gasteiger partial charge in [0, 0.05) is 34.1 Å². The van der Waals surface area contributed by atoms with Crippen molar-refractivity contribution in [3.05, 3.63) is 113 Å². The molecule has 0 saturated heterocycles. The van der Waals surface area contributed by atoms with Crippen LogP contribution in [0.3, 0.4) is 0 Å². The Hall–Kier alpha value is -3.85. The van der Waals surface area contributed by atoms with Gasteiger partial charge in [0.25, 0.3) is 0 Å². The first-order valence-electron chi connectivity index (χ1n) is 9.40. The molecule has 0 unspecified atom stereocenters. The maximum absolute atomic E-state index is 4.70. The van der Waals surface area contributed by atoms with Crippen molar-refractivity contribution in [3.63, 3.8) is 0 Å². The van der Waals surface area contributed by atoms with Gasteiger partial charge in [0.15, 0.2) is 0 Å². The van der Waals surface area contributed by atoms with Crippen molar-refractivity contribution in [1.82, 2.24) is 10.3 Å². The maximum atomic E-state index is 4.70. The number of rotatable bonds is 1. The van der Waals surface area contributed by atoms with Crippen molar-refractivity contribution in [1.29, 1.82) is 0 Å².